The zero-order chi connectivity index (χ0) is 9.97. The van der Waals surface area contributed by atoms with Gasteiger partial charge in [-0.3, -0.25) is 4.79 Å². The molecule has 0 spiro atoms. The third kappa shape index (κ3) is 1.71. The zero-order valence-electron chi connectivity index (χ0n) is 8.17. The van der Waals surface area contributed by atoms with E-state index in [9.17, 15) is 4.79 Å². The summed E-state index contributed by atoms with van der Waals surface area (Å²) in [4.78, 5) is 11.3. The first-order chi connectivity index (χ1) is 6.79. The molecule has 0 aromatic heterocycles. The van der Waals surface area contributed by atoms with Crippen molar-refractivity contribution in [2.75, 3.05) is 12.4 Å². The SMILES string of the molecule is COc1ccc2c(c1)NC(=O)CCC2.[HH]. The average Bonchev–Trinajstić information content (AvgIpc) is 2.37. The Kier molecular flexibility index (Phi) is 2.39. The largest absolute Gasteiger partial charge is 0.497 e. The van der Waals surface area contributed by atoms with E-state index in [0.29, 0.717) is 6.42 Å². The molecule has 1 N–H and O–H groups in total. The molecule has 0 fully saturated rings. The van der Waals surface area contributed by atoms with Crippen molar-refractivity contribution < 1.29 is 11.0 Å². The molecule has 1 amide bonds. The second-order valence-corrected chi connectivity index (χ2v) is 3.42. The summed E-state index contributed by atoms with van der Waals surface area (Å²) in [6.45, 7) is 0. The summed E-state index contributed by atoms with van der Waals surface area (Å²) < 4.78 is 5.11. The number of methoxy groups -OCH3 is 1. The van der Waals surface area contributed by atoms with Crippen LogP contribution in [0.4, 0.5) is 5.69 Å². The van der Waals surface area contributed by atoms with Gasteiger partial charge in [0.25, 0.3) is 0 Å². The van der Waals surface area contributed by atoms with Gasteiger partial charge >= 0.3 is 0 Å². The van der Waals surface area contributed by atoms with Crippen LogP contribution in [0.1, 0.15) is 19.8 Å². The molecule has 0 saturated heterocycles. The molecule has 0 bridgehead atoms. The summed E-state index contributed by atoms with van der Waals surface area (Å²) in [5.41, 5.74) is 2.09. The zero-order valence-corrected chi connectivity index (χ0v) is 8.17. The molecule has 0 saturated carbocycles. The van der Waals surface area contributed by atoms with Crippen molar-refractivity contribution in [1.29, 1.82) is 0 Å². The quantitative estimate of drug-likeness (QED) is 0.742. The second kappa shape index (κ2) is 3.70. The van der Waals surface area contributed by atoms with Gasteiger partial charge in [0.15, 0.2) is 0 Å². The molecule has 2 rings (SSSR count). The first kappa shape index (κ1) is 9.06. The van der Waals surface area contributed by atoms with Crippen molar-refractivity contribution in [2.24, 2.45) is 0 Å². The summed E-state index contributed by atoms with van der Waals surface area (Å²) in [5, 5.41) is 2.88. The number of hydrogen-bond acceptors (Lipinski definition) is 2. The van der Waals surface area contributed by atoms with E-state index in [1.54, 1.807) is 7.11 Å². The first-order valence-corrected chi connectivity index (χ1v) is 4.76. The highest BCUT2D eigenvalue weighted by Gasteiger charge is 2.12. The van der Waals surface area contributed by atoms with E-state index in [0.717, 1.165) is 24.3 Å². The van der Waals surface area contributed by atoms with Crippen LogP contribution in [0.25, 0.3) is 0 Å². The number of carbonyl (C=O) groups excluding carboxylic acids is 1. The van der Waals surface area contributed by atoms with E-state index >= 15 is 0 Å². The summed E-state index contributed by atoms with van der Waals surface area (Å²) >= 11 is 0. The minimum absolute atomic E-state index is 0. The number of anilines is 1. The number of fused-ring (bicyclic) bond motifs is 1. The number of nitrogens with one attached hydrogen (secondary N) is 1. The van der Waals surface area contributed by atoms with Gasteiger partial charge in [0.05, 0.1) is 7.11 Å². The van der Waals surface area contributed by atoms with Gasteiger partial charge in [0.1, 0.15) is 5.75 Å². The van der Waals surface area contributed by atoms with Gasteiger partial charge in [0, 0.05) is 19.6 Å². The summed E-state index contributed by atoms with van der Waals surface area (Å²) in [5.74, 6) is 0.878. The van der Waals surface area contributed by atoms with E-state index in [2.05, 4.69) is 5.32 Å². The Hall–Kier alpha value is -1.51. The molecule has 1 aromatic carbocycles. The summed E-state index contributed by atoms with van der Waals surface area (Å²) in [7, 11) is 1.63. The lowest BCUT2D eigenvalue weighted by Gasteiger charge is -2.08. The van der Waals surface area contributed by atoms with Crippen LogP contribution in [0.15, 0.2) is 18.2 Å². The van der Waals surface area contributed by atoms with E-state index in [1.807, 2.05) is 18.2 Å². The maximum atomic E-state index is 11.3. The topological polar surface area (TPSA) is 38.3 Å². The van der Waals surface area contributed by atoms with Crippen molar-refractivity contribution in [3.8, 4) is 5.75 Å². The second-order valence-electron chi connectivity index (χ2n) is 3.42. The predicted octanol–water partition coefficient (Wildman–Crippen LogP) is 2.22. The molecule has 0 radical (unpaired) electrons. The minimum atomic E-state index is 0. The predicted molar refractivity (Wildman–Crippen MR) is 56.7 cm³/mol. The van der Waals surface area contributed by atoms with Crippen molar-refractivity contribution >= 4 is 11.6 Å². The molecule has 0 atom stereocenters. The standard InChI is InChI=1S/C11H13NO2.H2/c1-14-9-6-5-8-3-2-4-11(13)12-10(8)7-9;/h5-7H,2-4H2,1H3,(H,12,13);1H. The third-order valence-electron chi connectivity index (χ3n) is 2.44. The van der Waals surface area contributed by atoms with Crippen LogP contribution in [0.2, 0.25) is 0 Å². The van der Waals surface area contributed by atoms with Crippen LogP contribution in [-0.2, 0) is 11.2 Å². The van der Waals surface area contributed by atoms with Crippen molar-refractivity contribution in [3.63, 3.8) is 0 Å². The van der Waals surface area contributed by atoms with Gasteiger partial charge in [-0.25, -0.2) is 0 Å². The van der Waals surface area contributed by atoms with Gasteiger partial charge in [-0.05, 0) is 24.5 Å². The molecule has 3 nitrogen and oxygen atoms in total. The Morgan fingerprint density at radius 2 is 2.29 bits per heavy atom. The number of benzene rings is 1. The highest BCUT2D eigenvalue weighted by molar-refractivity contribution is 5.92. The van der Waals surface area contributed by atoms with Crippen LogP contribution in [0.5, 0.6) is 5.75 Å². The van der Waals surface area contributed by atoms with E-state index in [1.165, 1.54) is 5.56 Å². The lowest BCUT2D eigenvalue weighted by Crippen LogP contribution is -2.09. The fraction of sp³-hybridized carbons (Fsp3) is 0.364. The number of carbonyl (C=O) groups is 1. The normalized spacial score (nSPS) is 15.4. The number of rotatable bonds is 1. The Morgan fingerprint density at radius 3 is 3.07 bits per heavy atom. The molecular weight excluding hydrogens is 178 g/mol. The monoisotopic (exact) mass is 193 g/mol. The van der Waals surface area contributed by atoms with Gasteiger partial charge < -0.3 is 10.1 Å². The number of aryl methyl sites for hydroxylation is 1. The van der Waals surface area contributed by atoms with Gasteiger partial charge in [-0.15, -0.1) is 0 Å². The smallest absolute Gasteiger partial charge is 0.224 e. The van der Waals surface area contributed by atoms with E-state index in [4.69, 9.17) is 4.74 Å². The average molecular weight is 193 g/mol. The Balaban J connectivity index is 0.00000112. The molecule has 1 aliphatic heterocycles. The van der Waals surface area contributed by atoms with Crippen molar-refractivity contribution in [1.82, 2.24) is 0 Å². The minimum Gasteiger partial charge on any atom is -0.497 e. The maximum Gasteiger partial charge on any atom is 0.224 e. The molecule has 1 aliphatic rings. The third-order valence-corrected chi connectivity index (χ3v) is 2.44. The van der Waals surface area contributed by atoms with Gasteiger partial charge in [-0.1, -0.05) is 6.07 Å². The summed E-state index contributed by atoms with van der Waals surface area (Å²) in [6.07, 6.45) is 2.49. The van der Waals surface area contributed by atoms with Crippen LogP contribution < -0.4 is 10.1 Å². The number of hydrogen-bond donors (Lipinski definition) is 1. The lowest BCUT2D eigenvalue weighted by atomic mass is 10.1. The summed E-state index contributed by atoms with van der Waals surface area (Å²) in [6, 6.07) is 5.81. The lowest BCUT2D eigenvalue weighted by molar-refractivity contribution is -0.116. The van der Waals surface area contributed by atoms with E-state index in [-0.39, 0.29) is 7.33 Å². The molecule has 76 valence electrons. The van der Waals surface area contributed by atoms with Crippen molar-refractivity contribution in [3.05, 3.63) is 23.8 Å². The molecule has 3 heteroatoms. The van der Waals surface area contributed by atoms with Gasteiger partial charge in [0.2, 0.25) is 5.91 Å². The fourth-order valence-electron chi connectivity index (χ4n) is 1.67. The molecule has 1 heterocycles. The van der Waals surface area contributed by atoms with Gasteiger partial charge in [-0.2, -0.15) is 0 Å². The molecule has 14 heavy (non-hydrogen) atoms. The Bertz CT molecular complexity index is 366. The molecule has 1 aromatic rings. The van der Waals surface area contributed by atoms with Crippen LogP contribution >= 0.6 is 0 Å². The Morgan fingerprint density at radius 1 is 1.43 bits per heavy atom. The Labute approximate surface area is 84.6 Å². The molecule has 0 unspecified atom stereocenters. The number of amides is 1. The molecular formula is C11H15NO2. The number of ether oxygens (including phenoxy) is 1. The highest BCUT2D eigenvalue weighted by Crippen LogP contribution is 2.26. The van der Waals surface area contributed by atoms with Crippen LogP contribution in [0.3, 0.4) is 0 Å². The van der Waals surface area contributed by atoms with Crippen LogP contribution in [-0.4, -0.2) is 13.0 Å². The highest BCUT2D eigenvalue weighted by atomic mass is 16.5. The first-order valence-electron chi connectivity index (χ1n) is 4.76. The fourth-order valence-corrected chi connectivity index (χ4v) is 1.67. The molecule has 0 aliphatic carbocycles. The van der Waals surface area contributed by atoms with E-state index < -0.39 is 0 Å². The maximum absolute atomic E-state index is 11.3. The van der Waals surface area contributed by atoms with Crippen molar-refractivity contribution in [2.45, 2.75) is 19.3 Å². The van der Waals surface area contributed by atoms with Crippen LogP contribution in [0, 0.1) is 0 Å².